The summed E-state index contributed by atoms with van der Waals surface area (Å²) in [5.74, 6) is 0. The minimum atomic E-state index is 0.167. The second-order valence-corrected chi connectivity index (χ2v) is 5.68. The van der Waals surface area contributed by atoms with Crippen LogP contribution < -0.4 is 5.73 Å². The lowest BCUT2D eigenvalue weighted by molar-refractivity contribution is 0.585. The van der Waals surface area contributed by atoms with Crippen molar-refractivity contribution in [1.29, 1.82) is 0 Å². The van der Waals surface area contributed by atoms with Gasteiger partial charge >= 0.3 is 0 Å². The topological polar surface area (TPSA) is 38.9 Å². The van der Waals surface area contributed by atoms with Gasteiger partial charge in [-0.25, -0.2) is 4.98 Å². The average Bonchev–Trinajstić information content (AvgIpc) is 2.32. The lowest BCUT2D eigenvalue weighted by Gasteiger charge is -2.13. The van der Waals surface area contributed by atoms with Crippen LogP contribution in [0.1, 0.15) is 37.6 Å². The zero-order valence-electron chi connectivity index (χ0n) is 8.79. The predicted octanol–water partition coefficient (Wildman–Crippen LogP) is 2.33. The van der Waals surface area contributed by atoms with Gasteiger partial charge in [-0.1, -0.05) is 20.8 Å². The van der Waals surface area contributed by atoms with E-state index in [2.05, 4.69) is 25.8 Å². The maximum Gasteiger partial charge on any atom is 0.0981 e. The summed E-state index contributed by atoms with van der Waals surface area (Å²) in [5, 5.41) is 1.20. The predicted molar refractivity (Wildman–Crippen MR) is 58.2 cm³/mol. The zero-order chi connectivity index (χ0) is 10.1. The molecule has 74 valence electrons. The molecule has 1 atom stereocenters. The fourth-order valence-electron chi connectivity index (χ4n) is 1.07. The van der Waals surface area contributed by atoms with Crippen molar-refractivity contribution < 1.29 is 0 Å². The lowest BCUT2D eigenvalue weighted by Crippen LogP contribution is -2.16. The highest BCUT2D eigenvalue weighted by atomic mass is 32.1. The van der Waals surface area contributed by atoms with Gasteiger partial charge in [-0.05, 0) is 13.3 Å². The third-order valence-corrected chi connectivity index (χ3v) is 3.16. The summed E-state index contributed by atoms with van der Waals surface area (Å²) in [6.45, 7) is 8.57. The number of nitrogens with two attached hydrogens (primary N) is 1. The molecule has 0 radical (unpaired) electrons. The van der Waals surface area contributed by atoms with E-state index in [1.807, 2.05) is 13.1 Å². The third-order valence-electron chi connectivity index (χ3n) is 1.72. The molecule has 0 aliphatic heterocycles. The van der Waals surface area contributed by atoms with Crippen molar-refractivity contribution in [3.63, 3.8) is 0 Å². The van der Waals surface area contributed by atoms with E-state index in [4.69, 9.17) is 5.73 Å². The molecule has 13 heavy (non-hydrogen) atoms. The van der Waals surface area contributed by atoms with Crippen molar-refractivity contribution in [2.75, 3.05) is 0 Å². The molecule has 0 aliphatic carbocycles. The van der Waals surface area contributed by atoms with Crippen LogP contribution in [0.5, 0.6) is 0 Å². The summed E-state index contributed by atoms with van der Waals surface area (Å²) in [6, 6.07) is 0.230. The first kappa shape index (κ1) is 10.7. The van der Waals surface area contributed by atoms with Gasteiger partial charge in [-0.3, -0.25) is 0 Å². The van der Waals surface area contributed by atoms with Crippen molar-refractivity contribution in [3.05, 3.63) is 16.1 Å². The maximum atomic E-state index is 5.72. The number of aromatic nitrogens is 1. The van der Waals surface area contributed by atoms with Crippen LogP contribution in [0.3, 0.4) is 0 Å². The number of hydrogen-bond donors (Lipinski definition) is 1. The molecule has 0 bridgehead atoms. The highest BCUT2D eigenvalue weighted by Gasteiger charge is 2.17. The number of rotatable bonds is 2. The van der Waals surface area contributed by atoms with Crippen molar-refractivity contribution in [1.82, 2.24) is 4.98 Å². The van der Waals surface area contributed by atoms with Crippen LogP contribution in [0.4, 0.5) is 0 Å². The van der Waals surface area contributed by atoms with Crippen LogP contribution >= 0.6 is 11.3 Å². The van der Waals surface area contributed by atoms with Crippen molar-refractivity contribution in [2.24, 2.45) is 5.73 Å². The fourth-order valence-corrected chi connectivity index (χ4v) is 2.18. The smallest absolute Gasteiger partial charge is 0.0981 e. The molecule has 1 rings (SSSR count). The summed E-state index contributed by atoms with van der Waals surface area (Å²) in [7, 11) is 0. The summed E-state index contributed by atoms with van der Waals surface area (Å²) < 4.78 is 0. The third kappa shape index (κ3) is 3.08. The Morgan fingerprint density at radius 2 is 2.15 bits per heavy atom. The maximum absolute atomic E-state index is 5.72. The Hall–Kier alpha value is -0.410. The highest BCUT2D eigenvalue weighted by Crippen LogP contribution is 2.27. The number of hydrogen-bond acceptors (Lipinski definition) is 3. The SMILES string of the molecule is CC(N)Cc1cnc(C(C)(C)C)s1. The fraction of sp³-hybridized carbons (Fsp3) is 0.700. The second kappa shape index (κ2) is 3.76. The van der Waals surface area contributed by atoms with E-state index < -0.39 is 0 Å². The minimum absolute atomic E-state index is 0.167. The van der Waals surface area contributed by atoms with Crippen molar-refractivity contribution in [3.8, 4) is 0 Å². The molecule has 0 fully saturated rings. The Morgan fingerprint density at radius 1 is 1.54 bits per heavy atom. The van der Waals surface area contributed by atoms with Gasteiger partial charge in [0.1, 0.15) is 0 Å². The van der Waals surface area contributed by atoms with Crippen LogP contribution in [0, 0.1) is 0 Å². The van der Waals surface area contributed by atoms with E-state index in [9.17, 15) is 0 Å². The monoisotopic (exact) mass is 198 g/mol. The summed E-state index contributed by atoms with van der Waals surface area (Å²) >= 11 is 1.78. The van der Waals surface area contributed by atoms with Gasteiger partial charge in [0.2, 0.25) is 0 Å². The Kier molecular flexibility index (Phi) is 3.09. The van der Waals surface area contributed by atoms with E-state index in [1.54, 1.807) is 11.3 Å². The second-order valence-electron chi connectivity index (χ2n) is 4.56. The van der Waals surface area contributed by atoms with E-state index in [0.29, 0.717) is 0 Å². The molecule has 0 spiro atoms. The number of thiazole rings is 1. The van der Waals surface area contributed by atoms with Gasteiger partial charge < -0.3 is 5.73 Å². The van der Waals surface area contributed by atoms with Crippen LogP contribution in [0.15, 0.2) is 6.20 Å². The van der Waals surface area contributed by atoms with Gasteiger partial charge in [0, 0.05) is 22.5 Å². The van der Waals surface area contributed by atoms with Crippen LogP contribution in [-0.2, 0) is 11.8 Å². The molecule has 2 N–H and O–H groups in total. The molecule has 1 heterocycles. The molecule has 1 aromatic heterocycles. The average molecular weight is 198 g/mol. The first-order valence-corrected chi connectivity index (χ1v) is 5.42. The summed E-state index contributed by atoms with van der Waals surface area (Å²) in [4.78, 5) is 5.70. The van der Waals surface area contributed by atoms with E-state index in [0.717, 1.165) is 6.42 Å². The van der Waals surface area contributed by atoms with Gasteiger partial charge in [-0.2, -0.15) is 0 Å². The van der Waals surface area contributed by atoms with Gasteiger partial charge in [0.25, 0.3) is 0 Å². The largest absolute Gasteiger partial charge is 0.328 e. The molecule has 0 saturated carbocycles. The first-order valence-electron chi connectivity index (χ1n) is 4.60. The van der Waals surface area contributed by atoms with E-state index in [1.165, 1.54) is 9.88 Å². The molecule has 1 unspecified atom stereocenters. The van der Waals surface area contributed by atoms with E-state index >= 15 is 0 Å². The van der Waals surface area contributed by atoms with Crippen LogP contribution in [0.2, 0.25) is 0 Å². The standard InChI is InChI=1S/C10H18N2S/c1-7(11)5-8-6-12-9(13-8)10(2,3)4/h6-7H,5,11H2,1-4H3. The summed E-state index contributed by atoms with van der Waals surface area (Å²) in [5.41, 5.74) is 5.89. The van der Waals surface area contributed by atoms with Gasteiger partial charge in [-0.15, -0.1) is 11.3 Å². The molecule has 1 aromatic rings. The quantitative estimate of drug-likeness (QED) is 0.792. The molecular formula is C10H18N2S. The number of nitrogens with zero attached hydrogens (tertiary/aromatic N) is 1. The molecule has 2 nitrogen and oxygen atoms in total. The molecule has 0 aliphatic rings. The Balaban J connectivity index is 2.75. The van der Waals surface area contributed by atoms with Crippen LogP contribution in [0.25, 0.3) is 0 Å². The Bertz CT molecular complexity index is 271. The van der Waals surface area contributed by atoms with Gasteiger partial charge in [0.05, 0.1) is 5.01 Å². The van der Waals surface area contributed by atoms with Crippen molar-refractivity contribution >= 4 is 11.3 Å². The Labute approximate surface area is 84.2 Å². The minimum Gasteiger partial charge on any atom is -0.328 e. The Morgan fingerprint density at radius 3 is 2.54 bits per heavy atom. The zero-order valence-corrected chi connectivity index (χ0v) is 9.61. The lowest BCUT2D eigenvalue weighted by atomic mass is 9.98. The van der Waals surface area contributed by atoms with Crippen LogP contribution in [-0.4, -0.2) is 11.0 Å². The van der Waals surface area contributed by atoms with Gasteiger partial charge in [0.15, 0.2) is 0 Å². The van der Waals surface area contributed by atoms with Crippen molar-refractivity contribution in [2.45, 2.75) is 45.6 Å². The van der Waals surface area contributed by atoms with E-state index in [-0.39, 0.29) is 11.5 Å². The highest BCUT2D eigenvalue weighted by molar-refractivity contribution is 7.11. The molecule has 3 heteroatoms. The molecule has 0 amide bonds. The molecular weight excluding hydrogens is 180 g/mol. The summed E-state index contributed by atoms with van der Waals surface area (Å²) in [6.07, 6.45) is 2.89. The molecule has 0 saturated heterocycles. The normalized spacial score (nSPS) is 14.5. The first-order chi connectivity index (χ1) is 5.89. The molecule has 0 aromatic carbocycles.